The van der Waals surface area contributed by atoms with E-state index in [1.54, 1.807) is 0 Å². The number of rotatable bonds is 3. The molecule has 78 valence electrons. The summed E-state index contributed by atoms with van der Waals surface area (Å²) in [6, 6.07) is 13.1. The van der Waals surface area contributed by atoms with Crippen LogP contribution in [-0.4, -0.2) is 11.6 Å². The second-order valence-corrected chi connectivity index (χ2v) is 3.69. The first-order valence-corrected chi connectivity index (χ1v) is 5.22. The lowest BCUT2D eigenvalue weighted by Crippen LogP contribution is -2.12. The maximum Gasteiger partial charge on any atom is 0.0449 e. The number of hydrogen-bond acceptors (Lipinski definition) is 1. The molecule has 2 aromatic rings. The molecule has 0 amide bonds. The van der Waals surface area contributed by atoms with Crippen LogP contribution in [0, 0.1) is 0 Å². The normalized spacial score (nSPS) is 12.7. The van der Waals surface area contributed by atoms with Crippen molar-refractivity contribution in [1.82, 2.24) is 9.88 Å². The fraction of sp³-hybridized carbons (Fsp3) is 0.231. The molecular weight excluding hydrogens is 184 g/mol. The molecule has 1 aromatic heterocycles. The summed E-state index contributed by atoms with van der Waals surface area (Å²) < 4.78 is 2.10. The van der Waals surface area contributed by atoms with Crippen molar-refractivity contribution in [2.45, 2.75) is 13.0 Å². The van der Waals surface area contributed by atoms with E-state index in [2.05, 4.69) is 53.5 Å². The molecule has 1 aromatic carbocycles. The highest BCUT2D eigenvalue weighted by Gasteiger charge is 2.01. The van der Waals surface area contributed by atoms with Gasteiger partial charge in [0, 0.05) is 24.1 Å². The van der Waals surface area contributed by atoms with Crippen LogP contribution < -0.4 is 5.32 Å². The van der Waals surface area contributed by atoms with Crippen molar-refractivity contribution in [3.05, 3.63) is 54.4 Å². The lowest BCUT2D eigenvalue weighted by Gasteiger charge is -2.11. The van der Waals surface area contributed by atoms with Crippen LogP contribution in [0.25, 0.3) is 5.69 Å². The zero-order valence-electron chi connectivity index (χ0n) is 9.14. The SMILES string of the molecule is CNC(C)c1ccc(-n2cccc2)cc1. The van der Waals surface area contributed by atoms with Crippen molar-refractivity contribution in [3.8, 4) is 5.69 Å². The predicted molar refractivity (Wildman–Crippen MR) is 63.2 cm³/mol. The summed E-state index contributed by atoms with van der Waals surface area (Å²) >= 11 is 0. The molecule has 0 aliphatic heterocycles. The Balaban J connectivity index is 2.25. The van der Waals surface area contributed by atoms with E-state index in [0.29, 0.717) is 6.04 Å². The first-order chi connectivity index (χ1) is 7.31. The maximum atomic E-state index is 3.23. The van der Waals surface area contributed by atoms with Crippen LogP contribution in [0.5, 0.6) is 0 Å². The van der Waals surface area contributed by atoms with E-state index in [0.717, 1.165) is 0 Å². The lowest BCUT2D eigenvalue weighted by atomic mass is 10.1. The molecule has 0 fully saturated rings. The van der Waals surface area contributed by atoms with Crippen LogP contribution in [0.15, 0.2) is 48.8 Å². The molecule has 0 saturated carbocycles. The molecule has 2 heteroatoms. The summed E-state index contributed by atoms with van der Waals surface area (Å²) in [5.74, 6) is 0. The van der Waals surface area contributed by atoms with E-state index < -0.39 is 0 Å². The Morgan fingerprint density at radius 2 is 1.67 bits per heavy atom. The van der Waals surface area contributed by atoms with Crippen molar-refractivity contribution in [2.75, 3.05) is 7.05 Å². The summed E-state index contributed by atoms with van der Waals surface area (Å²) in [7, 11) is 1.98. The van der Waals surface area contributed by atoms with Crippen LogP contribution in [0.4, 0.5) is 0 Å². The summed E-state index contributed by atoms with van der Waals surface area (Å²) in [5.41, 5.74) is 2.51. The average molecular weight is 200 g/mol. The molecule has 0 saturated heterocycles. The van der Waals surface area contributed by atoms with Gasteiger partial charge in [0.25, 0.3) is 0 Å². The molecule has 0 radical (unpaired) electrons. The highest BCUT2D eigenvalue weighted by atomic mass is 14.9. The minimum absolute atomic E-state index is 0.406. The van der Waals surface area contributed by atoms with E-state index in [9.17, 15) is 0 Å². The second-order valence-electron chi connectivity index (χ2n) is 3.69. The van der Waals surface area contributed by atoms with Gasteiger partial charge < -0.3 is 9.88 Å². The molecule has 0 spiro atoms. The Bertz CT molecular complexity index is 401. The quantitative estimate of drug-likeness (QED) is 0.806. The van der Waals surface area contributed by atoms with Crippen LogP contribution in [0.3, 0.4) is 0 Å². The smallest absolute Gasteiger partial charge is 0.0449 e. The first kappa shape index (κ1) is 9.99. The van der Waals surface area contributed by atoms with Crippen molar-refractivity contribution >= 4 is 0 Å². The third-order valence-electron chi connectivity index (χ3n) is 2.73. The predicted octanol–water partition coefficient (Wildman–Crippen LogP) is 2.76. The summed E-state index contributed by atoms with van der Waals surface area (Å²) in [6.07, 6.45) is 4.10. The van der Waals surface area contributed by atoms with Gasteiger partial charge in [-0.05, 0) is 43.8 Å². The minimum Gasteiger partial charge on any atom is -0.324 e. The van der Waals surface area contributed by atoms with Gasteiger partial charge in [-0.3, -0.25) is 0 Å². The largest absolute Gasteiger partial charge is 0.324 e. The van der Waals surface area contributed by atoms with E-state index >= 15 is 0 Å². The van der Waals surface area contributed by atoms with Gasteiger partial charge in [0.2, 0.25) is 0 Å². The number of benzene rings is 1. The van der Waals surface area contributed by atoms with Gasteiger partial charge in [-0.2, -0.15) is 0 Å². The molecule has 0 aliphatic carbocycles. The Morgan fingerprint density at radius 3 is 2.20 bits per heavy atom. The van der Waals surface area contributed by atoms with Crippen molar-refractivity contribution in [1.29, 1.82) is 0 Å². The summed E-state index contributed by atoms with van der Waals surface area (Å²) in [5, 5.41) is 3.23. The Kier molecular flexibility index (Phi) is 2.88. The third kappa shape index (κ3) is 2.10. The highest BCUT2D eigenvalue weighted by Crippen LogP contribution is 2.15. The fourth-order valence-electron chi connectivity index (χ4n) is 1.61. The van der Waals surface area contributed by atoms with Crippen molar-refractivity contribution < 1.29 is 0 Å². The number of nitrogens with zero attached hydrogens (tertiary/aromatic N) is 1. The standard InChI is InChI=1S/C13H16N2/c1-11(14-2)12-5-7-13(8-6-12)15-9-3-4-10-15/h3-11,14H,1-2H3. The Hall–Kier alpha value is -1.54. The Labute approximate surface area is 90.6 Å². The molecule has 0 aliphatic rings. The van der Waals surface area contributed by atoms with Gasteiger partial charge >= 0.3 is 0 Å². The summed E-state index contributed by atoms with van der Waals surface area (Å²) in [6.45, 7) is 2.16. The molecule has 1 heterocycles. The number of hydrogen-bond donors (Lipinski definition) is 1. The van der Waals surface area contributed by atoms with Crippen LogP contribution >= 0.6 is 0 Å². The topological polar surface area (TPSA) is 17.0 Å². The van der Waals surface area contributed by atoms with E-state index in [4.69, 9.17) is 0 Å². The molecule has 2 rings (SSSR count). The fourth-order valence-corrected chi connectivity index (χ4v) is 1.61. The highest BCUT2D eigenvalue weighted by molar-refractivity contribution is 5.36. The molecule has 1 unspecified atom stereocenters. The molecule has 1 atom stereocenters. The summed E-state index contributed by atoms with van der Waals surface area (Å²) in [4.78, 5) is 0. The minimum atomic E-state index is 0.406. The average Bonchev–Trinajstić information content (AvgIpc) is 2.82. The molecule has 15 heavy (non-hydrogen) atoms. The number of nitrogens with one attached hydrogen (secondary N) is 1. The monoisotopic (exact) mass is 200 g/mol. The van der Waals surface area contributed by atoms with E-state index in [-0.39, 0.29) is 0 Å². The molecular formula is C13H16N2. The van der Waals surface area contributed by atoms with E-state index in [1.165, 1.54) is 11.3 Å². The second kappa shape index (κ2) is 4.32. The maximum absolute atomic E-state index is 3.23. The van der Waals surface area contributed by atoms with Crippen molar-refractivity contribution in [3.63, 3.8) is 0 Å². The third-order valence-corrected chi connectivity index (χ3v) is 2.73. The Morgan fingerprint density at radius 1 is 1.07 bits per heavy atom. The molecule has 2 nitrogen and oxygen atoms in total. The lowest BCUT2D eigenvalue weighted by molar-refractivity contribution is 0.652. The molecule has 0 bridgehead atoms. The zero-order valence-corrected chi connectivity index (χ0v) is 9.14. The zero-order chi connectivity index (χ0) is 10.7. The van der Waals surface area contributed by atoms with Gasteiger partial charge in [-0.25, -0.2) is 0 Å². The van der Waals surface area contributed by atoms with E-state index in [1.807, 2.05) is 19.2 Å². The van der Waals surface area contributed by atoms with Crippen LogP contribution in [0.1, 0.15) is 18.5 Å². The molecule has 1 N–H and O–H groups in total. The first-order valence-electron chi connectivity index (χ1n) is 5.22. The van der Waals surface area contributed by atoms with Crippen LogP contribution in [0.2, 0.25) is 0 Å². The van der Waals surface area contributed by atoms with Crippen molar-refractivity contribution in [2.24, 2.45) is 0 Å². The van der Waals surface area contributed by atoms with Gasteiger partial charge in [0.1, 0.15) is 0 Å². The van der Waals surface area contributed by atoms with Crippen LogP contribution in [-0.2, 0) is 0 Å². The van der Waals surface area contributed by atoms with Gasteiger partial charge in [0.05, 0.1) is 0 Å². The van der Waals surface area contributed by atoms with Gasteiger partial charge in [-0.1, -0.05) is 12.1 Å². The number of aromatic nitrogens is 1. The van der Waals surface area contributed by atoms with Gasteiger partial charge in [-0.15, -0.1) is 0 Å². The van der Waals surface area contributed by atoms with Gasteiger partial charge in [0.15, 0.2) is 0 Å².